The summed E-state index contributed by atoms with van der Waals surface area (Å²) in [6, 6.07) is 8.09. The fraction of sp³-hybridized carbons (Fsp3) is 0.467. The van der Waals surface area contributed by atoms with E-state index in [1.54, 1.807) is 5.01 Å². The predicted molar refractivity (Wildman–Crippen MR) is 76.6 cm³/mol. The predicted octanol–water partition coefficient (Wildman–Crippen LogP) is 2.07. The molecule has 4 heteroatoms. The largest absolute Gasteiger partial charge is 0.330 e. The molecule has 0 spiro atoms. The zero-order valence-corrected chi connectivity index (χ0v) is 11.6. The summed E-state index contributed by atoms with van der Waals surface area (Å²) in [7, 11) is 0. The van der Waals surface area contributed by atoms with Crippen LogP contribution in [-0.4, -0.2) is 23.2 Å². The number of nitrogens with two attached hydrogens (primary N) is 1. The Hall–Kier alpha value is -1.68. The van der Waals surface area contributed by atoms with Gasteiger partial charge >= 0.3 is 0 Å². The highest BCUT2D eigenvalue weighted by atomic mass is 16.2. The van der Waals surface area contributed by atoms with Crippen LogP contribution in [0.1, 0.15) is 30.9 Å². The summed E-state index contributed by atoms with van der Waals surface area (Å²) < 4.78 is 0. The molecule has 0 aliphatic carbocycles. The van der Waals surface area contributed by atoms with E-state index < -0.39 is 0 Å². The van der Waals surface area contributed by atoms with E-state index in [2.05, 4.69) is 18.1 Å². The number of hydrogen-bond donors (Lipinski definition) is 1. The van der Waals surface area contributed by atoms with Gasteiger partial charge in [0.05, 0.1) is 12.5 Å². The molecule has 0 fully saturated rings. The molecular formula is C15H21N3O. The van der Waals surface area contributed by atoms with Gasteiger partial charge in [-0.1, -0.05) is 24.3 Å². The molecule has 1 atom stereocenters. The normalized spacial score (nSPS) is 18.9. The Kier molecular flexibility index (Phi) is 4.32. The van der Waals surface area contributed by atoms with E-state index in [1.807, 2.05) is 25.1 Å². The van der Waals surface area contributed by atoms with E-state index >= 15 is 0 Å². The maximum atomic E-state index is 12.3. The second-order valence-corrected chi connectivity index (χ2v) is 5.05. The fourth-order valence-corrected chi connectivity index (χ4v) is 2.38. The van der Waals surface area contributed by atoms with Crippen LogP contribution >= 0.6 is 0 Å². The van der Waals surface area contributed by atoms with Gasteiger partial charge < -0.3 is 5.73 Å². The highest BCUT2D eigenvalue weighted by Crippen LogP contribution is 2.23. The van der Waals surface area contributed by atoms with Crippen molar-refractivity contribution >= 4 is 11.6 Å². The van der Waals surface area contributed by atoms with Crippen LogP contribution < -0.4 is 5.73 Å². The highest BCUT2D eigenvalue weighted by Gasteiger charge is 2.32. The standard InChI is InChI=1S/C15H21N3O/c1-11-6-3-4-7-13(11)10-18-15(19)14(8-5-9-16)12(2)17-18/h3-4,6-7,14H,5,8-10,16H2,1-2H3. The summed E-state index contributed by atoms with van der Waals surface area (Å²) in [6.45, 7) is 5.16. The summed E-state index contributed by atoms with van der Waals surface area (Å²) >= 11 is 0. The molecule has 1 unspecified atom stereocenters. The number of rotatable bonds is 5. The average Bonchev–Trinajstić information content (AvgIpc) is 2.65. The minimum atomic E-state index is -0.0763. The number of carbonyl (C=O) groups is 1. The van der Waals surface area contributed by atoms with Gasteiger partial charge in [-0.25, -0.2) is 5.01 Å². The number of benzene rings is 1. The maximum Gasteiger partial charge on any atom is 0.251 e. The van der Waals surface area contributed by atoms with E-state index in [0.717, 1.165) is 24.1 Å². The lowest BCUT2D eigenvalue weighted by molar-refractivity contribution is -0.132. The van der Waals surface area contributed by atoms with Crippen LogP contribution in [0.2, 0.25) is 0 Å². The van der Waals surface area contributed by atoms with Crippen LogP contribution in [0.4, 0.5) is 0 Å². The summed E-state index contributed by atoms with van der Waals surface area (Å²) in [6.07, 6.45) is 1.66. The molecule has 1 aromatic carbocycles. The van der Waals surface area contributed by atoms with E-state index in [4.69, 9.17) is 5.73 Å². The minimum Gasteiger partial charge on any atom is -0.330 e. The molecule has 2 N–H and O–H groups in total. The first-order valence-corrected chi connectivity index (χ1v) is 6.74. The molecule has 1 amide bonds. The second-order valence-electron chi connectivity index (χ2n) is 5.05. The Morgan fingerprint density at radius 3 is 2.74 bits per heavy atom. The summed E-state index contributed by atoms with van der Waals surface area (Å²) in [5, 5.41) is 6.00. The highest BCUT2D eigenvalue weighted by molar-refractivity contribution is 6.06. The first kappa shape index (κ1) is 13.7. The Bertz CT molecular complexity index is 496. The van der Waals surface area contributed by atoms with E-state index in [-0.39, 0.29) is 11.8 Å². The lowest BCUT2D eigenvalue weighted by Gasteiger charge is -2.15. The van der Waals surface area contributed by atoms with Crippen LogP contribution in [0.5, 0.6) is 0 Å². The van der Waals surface area contributed by atoms with Crippen LogP contribution in [0.15, 0.2) is 29.4 Å². The fourth-order valence-electron chi connectivity index (χ4n) is 2.38. The zero-order chi connectivity index (χ0) is 13.8. The molecule has 102 valence electrons. The third kappa shape index (κ3) is 3.01. The van der Waals surface area contributed by atoms with Crippen molar-refractivity contribution in [2.75, 3.05) is 6.54 Å². The number of aryl methyl sites for hydroxylation is 1. The van der Waals surface area contributed by atoms with Crippen molar-refractivity contribution < 1.29 is 4.79 Å². The quantitative estimate of drug-likeness (QED) is 0.880. The van der Waals surface area contributed by atoms with Crippen LogP contribution in [0, 0.1) is 12.8 Å². The Balaban J connectivity index is 2.07. The van der Waals surface area contributed by atoms with Crippen molar-refractivity contribution in [1.29, 1.82) is 0 Å². The first-order valence-electron chi connectivity index (χ1n) is 6.74. The van der Waals surface area contributed by atoms with Gasteiger partial charge in [-0.15, -0.1) is 0 Å². The van der Waals surface area contributed by atoms with Crippen molar-refractivity contribution in [3.05, 3.63) is 35.4 Å². The number of amides is 1. The van der Waals surface area contributed by atoms with E-state index in [0.29, 0.717) is 13.1 Å². The van der Waals surface area contributed by atoms with E-state index in [9.17, 15) is 4.79 Å². The molecule has 1 aromatic rings. The van der Waals surface area contributed by atoms with Crippen molar-refractivity contribution in [2.45, 2.75) is 33.2 Å². The number of hydrazone groups is 1. The molecule has 1 aliphatic rings. The zero-order valence-electron chi connectivity index (χ0n) is 11.6. The van der Waals surface area contributed by atoms with E-state index in [1.165, 1.54) is 5.56 Å². The summed E-state index contributed by atoms with van der Waals surface area (Å²) in [5.41, 5.74) is 8.75. The lowest BCUT2D eigenvalue weighted by Crippen LogP contribution is -2.27. The molecule has 4 nitrogen and oxygen atoms in total. The molecule has 0 radical (unpaired) electrons. The smallest absolute Gasteiger partial charge is 0.251 e. The molecule has 0 saturated heterocycles. The third-order valence-corrected chi connectivity index (χ3v) is 3.61. The molecule has 1 aliphatic heterocycles. The molecule has 0 aromatic heterocycles. The molecule has 19 heavy (non-hydrogen) atoms. The van der Waals surface area contributed by atoms with Crippen LogP contribution in [0.25, 0.3) is 0 Å². The summed E-state index contributed by atoms with van der Waals surface area (Å²) in [4.78, 5) is 12.3. The average molecular weight is 259 g/mol. The van der Waals surface area contributed by atoms with Crippen molar-refractivity contribution in [2.24, 2.45) is 16.8 Å². The molecule has 1 heterocycles. The SMILES string of the molecule is CC1=NN(Cc2ccccc2C)C(=O)C1CCCN. The van der Waals surface area contributed by atoms with Gasteiger partial charge in [-0.3, -0.25) is 4.79 Å². The first-order chi connectivity index (χ1) is 9.13. The number of hydrogen-bond acceptors (Lipinski definition) is 3. The van der Waals surface area contributed by atoms with Gasteiger partial charge in [0.15, 0.2) is 0 Å². The van der Waals surface area contributed by atoms with Gasteiger partial charge in [0, 0.05) is 5.71 Å². The molecule has 2 rings (SSSR count). The van der Waals surface area contributed by atoms with Crippen molar-refractivity contribution in [3.63, 3.8) is 0 Å². The Morgan fingerprint density at radius 1 is 1.32 bits per heavy atom. The molecule has 0 bridgehead atoms. The van der Waals surface area contributed by atoms with Crippen LogP contribution in [0.3, 0.4) is 0 Å². The minimum absolute atomic E-state index is 0.0763. The van der Waals surface area contributed by atoms with Gasteiger partial charge in [0.25, 0.3) is 5.91 Å². The summed E-state index contributed by atoms with van der Waals surface area (Å²) in [5.74, 6) is 0.0294. The van der Waals surface area contributed by atoms with Gasteiger partial charge in [-0.05, 0) is 44.4 Å². The van der Waals surface area contributed by atoms with Crippen LogP contribution in [-0.2, 0) is 11.3 Å². The third-order valence-electron chi connectivity index (χ3n) is 3.61. The maximum absolute atomic E-state index is 12.3. The topological polar surface area (TPSA) is 58.7 Å². The van der Waals surface area contributed by atoms with Crippen molar-refractivity contribution in [3.8, 4) is 0 Å². The lowest BCUT2D eigenvalue weighted by atomic mass is 9.98. The number of carbonyl (C=O) groups excluding carboxylic acids is 1. The van der Waals surface area contributed by atoms with Gasteiger partial charge in [0.2, 0.25) is 0 Å². The molecular weight excluding hydrogens is 238 g/mol. The van der Waals surface area contributed by atoms with Gasteiger partial charge in [0.1, 0.15) is 0 Å². The Labute approximate surface area is 114 Å². The van der Waals surface area contributed by atoms with Gasteiger partial charge in [-0.2, -0.15) is 5.10 Å². The molecule has 0 saturated carbocycles. The number of nitrogens with zero attached hydrogens (tertiary/aromatic N) is 2. The second kappa shape index (κ2) is 5.97. The van der Waals surface area contributed by atoms with Crippen molar-refractivity contribution in [1.82, 2.24) is 5.01 Å². The Morgan fingerprint density at radius 2 is 2.05 bits per heavy atom. The monoisotopic (exact) mass is 259 g/mol.